The Morgan fingerprint density at radius 2 is 1.91 bits per heavy atom. The van der Waals surface area contributed by atoms with Crippen LogP contribution in [0.2, 0.25) is 0 Å². The van der Waals surface area contributed by atoms with Gasteiger partial charge in [0.15, 0.2) is 4.90 Å². The molecule has 0 amide bonds. The smallest absolute Gasteiger partial charge is 0.214 e. The molecule has 0 spiro atoms. The Hall–Kier alpha value is -3.21. The lowest BCUT2D eigenvalue weighted by molar-refractivity contribution is 0.233. The lowest BCUT2D eigenvalue weighted by Crippen LogP contribution is -2.48. The van der Waals surface area contributed by atoms with Gasteiger partial charge in [-0.1, -0.05) is 0 Å². The van der Waals surface area contributed by atoms with Crippen LogP contribution in [0.5, 0.6) is 5.88 Å². The van der Waals surface area contributed by atoms with Gasteiger partial charge in [0.25, 0.3) is 0 Å². The normalized spacial score (nSPS) is 15.8. The minimum Gasteiger partial charge on any atom is -0.593 e. The number of hydrogen-bond acceptors (Lipinski definition) is 8. The molecular formula is C23H25N7O2S. The zero-order valence-electron chi connectivity index (χ0n) is 18.5. The molecule has 1 aliphatic rings. The molecule has 4 aromatic rings. The van der Waals surface area contributed by atoms with Crippen LogP contribution >= 0.6 is 0 Å². The van der Waals surface area contributed by atoms with Crippen molar-refractivity contribution in [2.75, 3.05) is 31.1 Å². The third-order valence-corrected chi connectivity index (χ3v) is 6.91. The van der Waals surface area contributed by atoms with Crippen LogP contribution in [0.1, 0.15) is 13.8 Å². The highest BCUT2D eigenvalue weighted by molar-refractivity contribution is 7.89. The van der Waals surface area contributed by atoms with E-state index < -0.39 is 11.4 Å². The van der Waals surface area contributed by atoms with E-state index in [0.29, 0.717) is 19.0 Å². The van der Waals surface area contributed by atoms with Gasteiger partial charge in [0.05, 0.1) is 48.5 Å². The van der Waals surface area contributed by atoms with E-state index in [2.05, 4.69) is 30.0 Å². The van der Waals surface area contributed by atoms with Crippen molar-refractivity contribution >= 4 is 28.1 Å². The van der Waals surface area contributed by atoms with E-state index in [1.807, 2.05) is 48.5 Å². The van der Waals surface area contributed by atoms with Crippen LogP contribution in [0.15, 0.2) is 60.0 Å². The monoisotopic (exact) mass is 463 g/mol. The molecule has 0 saturated carbocycles. The zero-order chi connectivity index (χ0) is 22.8. The highest BCUT2D eigenvalue weighted by Crippen LogP contribution is 2.30. The van der Waals surface area contributed by atoms with Gasteiger partial charge in [-0.2, -0.15) is 5.10 Å². The summed E-state index contributed by atoms with van der Waals surface area (Å²) in [7, 11) is 0. The van der Waals surface area contributed by atoms with Crippen molar-refractivity contribution in [1.29, 1.82) is 0 Å². The molecular weight excluding hydrogens is 438 g/mol. The average Bonchev–Trinajstić information content (AvgIpc) is 3.27. The molecule has 170 valence electrons. The molecule has 0 aliphatic carbocycles. The summed E-state index contributed by atoms with van der Waals surface area (Å²) in [6.45, 7) is 6.79. The molecule has 9 nitrogen and oxygen atoms in total. The van der Waals surface area contributed by atoms with E-state index in [0.717, 1.165) is 46.0 Å². The Morgan fingerprint density at radius 1 is 1.06 bits per heavy atom. The lowest BCUT2D eigenvalue weighted by Gasteiger charge is -2.34. The number of rotatable bonds is 6. The summed E-state index contributed by atoms with van der Waals surface area (Å²) in [5.41, 5.74) is 2.65. The van der Waals surface area contributed by atoms with Gasteiger partial charge in [0, 0.05) is 42.5 Å². The summed E-state index contributed by atoms with van der Waals surface area (Å²) in [6.07, 6.45) is 6.94. The molecule has 1 atom stereocenters. The summed E-state index contributed by atoms with van der Waals surface area (Å²) >= 11 is -1.20. The van der Waals surface area contributed by atoms with Crippen LogP contribution in [-0.2, 0) is 11.4 Å². The van der Waals surface area contributed by atoms with Gasteiger partial charge in [-0.15, -0.1) is 4.31 Å². The number of H-pyrrole nitrogens is 1. The molecule has 5 rings (SSSR count). The highest BCUT2D eigenvalue weighted by Gasteiger charge is 2.28. The van der Waals surface area contributed by atoms with Crippen molar-refractivity contribution < 1.29 is 9.29 Å². The minimum atomic E-state index is -1.20. The first kappa shape index (κ1) is 21.6. The Kier molecular flexibility index (Phi) is 6.12. The molecule has 5 heterocycles. The van der Waals surface area contributed by atoms with Gasteiger partial charge in [-0.05, 0) is 38.1 Å². The molecule has 0 radical (unpaired) electrons. The largest absolute Gasteiger partial charge is 0.593 e. The predicted molar refractivity (Wildman–Crippen MR) is 127 cm³/mol. The fraction of sp³-hybridized carbons (Fsp3) is 0.304. The number of anilines is 1. The van der Waals surface area contributed by atoms with Crippen LogP contribution in [0, 0.1) is 0 Å². The second-order valence-electron chi connectivity index (χ2n) is 8.06. The minimum absolute atomic E-state index is 0.0454. The second kappa shape index (κ2) is 9.34. The maximum Gasteiger partial charge on any atom is 0.214 e. The fourth-order valence-corrected chi connectivity index (χ4v) is 4.98. The number of piperazine rings is 1. The van der Waals surface area contributed by atoms with Crippen LogP contribution in [-0.4, -0.2) is 66.3 Å². The molecule has 10 heteroatoms. The third-order valence-electron chi connectivity index (χ3n) is 5.43. The Bertz CT molecular complexity index is 1230. The first-order chi connectivity index (χ1) is 16.1. The maximum atomic E-state index is 12.8. The van der Waals surface area contributed by atoms with Crippen LogP contribution in [0.25, 0.3) is 22.2 Å². The van der Waals surface area contributed by atoms with Gasteiger partial charge >= 0.3 is 0 Å². The number of nitrogens with one attached hydrogen (secondary N) is 1. The number of aromatic nitrogens is 5. The number of ether oxygens (including phenoxy) is 1. The van der Waals surface area contributed by atoms with Crippen LogP contribution in [0.4, 0.5) is 5.82 Å². The first-order valence-corrected chi connectivity index (χ1v) is 12.0. The Labute approximate surface area is 195 Å². The number of fused-ring (bicyclic) bond motifs is 1. The molecule has 1 unspecified atom stereocenters. The zero-order valence-corrected chi connectivity index (χ0v) is 19.3. The second-order valence-corrected chi connectivity index (χ2v) is 9.55. The van der Waals surface area contributed by atoms with Crippen molar-refractivity contribution in [3.63, 3.8) is 0 Å². The van der Waals surface area contributed by atoms with E-state index >= 15 is 0 Å². The SMILES string of the molecule is CC(C)Oc1cc2c(-c3ccnc(N4CCN([S+]([O-])c5cccnc5)CC4)c3)n[nH]c2cn1. The van der Waals surface area contributed by atoms with Gasteiger partial charge in [0.1, 0.15) is 11.5 Å². The quantitative estimate of drug-likeness (QED) is 0.435. The Morgan fingerprint density at radius 3 is 2.67 bits per heavy atom. The maximum absolute atomic E-state index is 12.8. The standard InChI is InChI=1S/C23H25N7O2S/c1-16(2)32-22-13-19-20(15-26-22)27-28-23(19)17-5-7-25-21(12-17)29-8-10-30(11-9-29)33(31)18-4-3-6-24-14-18/h3-7,12-16H,8-11H2,1-2H3,(H,27,28). The number of nitrogens with zero attached hydrogens (tertiary/aromatic N) is 6. The molecule has 4 aromatic heterocycles. The van der Waals surface area contributed by atoms with Gasteiger partial charge in [-0.3, -0.25) is 10.1 Å². The van der Waals surface area contributed by atoms with E-state index in [1.165, 1.54) is 0 Å². The van der Waals surface area contributed by atoms with Gasteiger partial charge < -0.3 is 14.2 Å². The van der Waals surface area contributed by atoms with E-state index in [9.17, 15) is 4.55 Å². The average molecular weight is 464 g/mol. The predicted octanol–water partition coefficient (Wildman–Crippen LogP) is 3.05. The summed E-state index contributed by atoms with van der Waals surface area (Å²) in [5.74, 6) is 1.45. The molecule has 1 saturated heterocycles. The molecule has 1 N–H and O–H groups in total. The van der Waals surface area contributed by atoms with Crippen LogP contribution < -0.4 is 9.64 Å². The summed E-state index contributed by atoms with van der Waals surface area (Å²) in [6, 6.07) is 9.58. The topological polar surface area (TPSA) is 106 Å². The molecule has 1 fully saturated rings. The number of pyridine rings is 3. The van der Waals surface area contributed by atoms with Crippen molar-refractivity contribution in [1.82, 2.24) is 29.5 Å². The lowest BCUT2D eigenvalue weighted by atomic mass is 10.1. The molecule has 0 bridgehead atoms. The van der Waals surface area contributed by atoms with Gasteiger partial charge in [0.2, 0.25) is 5.88 Å². The Balaban J connectivity index is 1.33. The number of aromatic amines is 1. The van der Waals surface area contributed by atoms with Crippen molar-refractivity contribution in [2.24, 2.45) is 0 Å². The van der Waals surface area contributed by atoms with Crippen molar-refractivity contribution in [3.05, 3.63) is 55.1 Å². The molecule has 0 aromatic carbocycles. The van der Waals surface area contributed by atoms with E-state index in [4.69, 9.17) is 4.74 Å². The summed E-state index contributed by atoms with van der Waals surface area (Å²) in [5, 5.41) is 8.53. The molecule has 1 aliphatic heterocycles. The highest BCUT2D eigenvalue weighted by atomic mass is 32.2. The van der Waals surface area contributed by atoms with Gasteiger partial charge in [-0.25, -0.2) is 9.97 Å². The third kappa shape index (κ3) is 4.63. The van der Waals surface area contributed by atoms with E-state index in [1.54, 1.807) is 24.8 Å². The fourth-order valence-electron chi connectivity index (χ4n) is 3.84. The first-order valence-electron chi connectivity index (χ1n) is 10.9. The number of hydrogen-bond donors (Lipinski definition) is 1. The summed E-state index contributed by atoms with van der Waals surface area (Å²) < 4.78 is 20.5. The van der Waals surface area contributed by atoms with Crippen LogP contribution in [0.3, 0.4) is 0 Å². The van der Waals surface area contributed by atoms with E-state index in [-0.39, 0.29) is 6.10 Å². The van der Waals surface area contributed by atoms with Crippen molar-refractivity contribution in [3.8, 4) is 17.1 Å². The van der Waals surface area contributed by atoms with Crippen molar-refractivity contribution in [2.45, 2.75) is 24.8 Å². The molecule has 33 heavy (non-hydrogen) atoms. The summed E-state index contributed by atoms with van der Waals surface area (Å²) in [4.78, 5) is 15.9.